The topological polar surface area (TPSA) is 85.5 Å². The van der Waals surface area contributed by atoms with E-state index in [2.05, 4.69) is 4.98 Å². The van der Waals surface area contributed by atoms with Gasteiger partial charge in [0, 0.05) is 22.9 Å². The van der Waals surface area contributed by atoms with Crippen LogP contribution < -0.4 is 4.74 Å². The summed E-state index contributed by atoms with van der Waals surface area (Å²) in [5.41, 5.74) is 2.32. The second-order valence-electron chi connectivity index (χ2n) is 6.70. The van der Waals surface area contributed by atoms with Crippen LogP contribution in [0.25, 0.3) is 21.7 Å². The summed E-state index contributed by atoms with van der Waals surface area (Å²) in [6.07, 6.45) is -1.31. The molecule has 0 radical (unpaired) electrons. The number of pyridine rings is 1. The Labute approximate surface area is 161 Å². The number of benzene rings is 3. The molecule has 1 N–H and O–H groups in total. The van der Waals surface area contributed by atoms with Crippen molar-refractivity contribution in [1.29, 1.82) is 0 Å². The Bertz CT molecular complexity index is 1200. The molecule has 0 spiro atoms. The van der Waals surface area contributed by atoms with Gasteiger partial charge >= 0.3 is 0 Å². The molecular weight excluding hydrogens is 356 g/mol. The van der Waals surface area contributed by atoms with E-state index >= 15 is 0 Å². The van der Waals surface area contributed by atoms with Gasteiger partial charge in [0.25, 0.3) is 5.69 Å². The van der Waals surface area contributed by atoms with E-state index in [9.17, 15) is 15.2 Å². The highest BCUT2D eigenvalue weighted by molar-refractivity contribution is 6.06. The molecule has 1 aromatic heterocycles. The van der Waals surface area contributed by atoms with Crippen molar-refractivity contribution in [3.63, 3.8) is 0 Å². The lowest BCUT2D eigenvalue weighted by Gasteiger charge is -2.19. The molecule has 4 aromatic rings. The van der Waals surface area contributed by atoms with Crippen molar-refractivity contribution >= 4 is 27.4 Å². The van der Waals surface area contributed by atoms with Crippen molar-refractivity contribution < 1.29 is 14.8 Å². The van der Waals surface area contributed by atoms with E-state index in [-0.39, 0.29) is 5.69 Å². The molecule has 0 fully saturated rings. The first-order chi connectivity index (χ1) is 13.5. The average Bonchev–Trinajstić information content (AvgIpc) is 2.69. The summed E-state index contributed by atoms with van der Waals surface area (Å²) in [7, 11) is 0. The van der Waals surface area contributed by atoms with Crippen LogP contribution >= 0.6 is 0 Å². The molecule has 0 aliphatic carbocycles. The highest BCUT2D eigenvalue weighted by atomic mass is 16.6. The summed E-state index contributed by atoms with van der Waals surface area (Å²) >= 11 is 0. The summed E-state index contributed by atoms with van der Waals surface area (Å²) < 4.78 is 5.82. The Morgan fingerprint density at radius 3 is 2.18 bits per heavy atom. The van der Waals surface area contributed by atoms with Gasteiger partial charge in [-0.2, -0.15) is 0 Å². The predicted molar refractivity (Wildman–Crippen MR) is 107 cm³/mol. The highest BCUT2D eigenvalue weighted by Gasteiger charge is 2.20. The highest BCUT2D eigenvalue weighted by Crippen LogP contribution is 2.34. The SMILES string of the molecule is Cc1cc([N+](=O)[O-])cc(C)c1OC(O)c1nc2ccccc2c2ccccc12. The van der Waals surface area contributed by atoms with Crippen LogP contribution in [-0.2, 0) is 0 Å². The largest absolute Gasteiger partial charge is 0.459 e. The van der Waals surface area contributed by atoms with Gasteiger partial charge in [-0.05, 0) is 36.4 Å². The number of hydrogen-bond acceptors (Lipinski definition) is 5. The van der Waals surface area contributed by atoms with Crippen molar-refractivity contribution in [3.05, 3.63) is 87.6 Å². The van der Waals surface area contributed by atoms with Crippen LogP contribution in [0.15, 0.2) is 60.7 Å². The molecule has 3 aromatic carbocycles. The number of aromatic nitrogens is 1. The van der Waals surface area contributed by atoms with Gasteiger partial charge in [-0.25, -0.2) is 4.98 Å². The fraction of sp³-hybridized carbons (Fsp3) is 0.136. The summed E-state index contributed by atoms with van der Waals surface area (Å²) in [6.45, 7) is 3.43. The number of ether oxygens (including phenoxy) is 1. The Morgan fingerprint density at radius 1 is 0.964 bits per heavy atom. The number of non-ortho nitro benzene ring substituents is 1. The van der Waals surface area contributed by atoms with Crippen LogP contribution in [0, 0.1) is 24.0 Å². The number of aliphatic hydroxyl groups excluding tert-OH is 1. The van der Waals surface area contributed by atoms with E-state index in [1.165, 1.54) is 12.1 Å². The molecule has 4 rings (SSSR count). The third-order valence-electron chi connectivity index (χ3n) is 4.76. The molecular formula is C22H18N2O4. The smallest absolute Gasteiger partial charge is 0.270 e. The van der Waals surface area contributed by atoms with Gasteiger partial charge in [0.2, 0.25) is 6.29 Å². The third kappa shape index (κ3) is 3.04. The van der Waals surface area contributed by atoms with Gasteiger partial charge in [-0.3, -0.25) is 10.1 Å². The van der Waals surface area contributed by atoms with E-state index in [1.54, 1.807) is 13.8 Å². The average molecular weight is 374 g/mol. The van der Waals surface area contributed by atoms with Gasteiger partial charge in [-0.15, -0.1) is 0 Å². The van der Waals surface area contributed by atoms with E-state index in [0.717, 1.165) is 21.7 Å². The minimum absolute atomic E-state index is 0.00822. The van der Waals surface area contributed by atoms with Crippen LogP contribution in [0.1, 0.15) is 23.1 Å². The quantitative estimate of drug-likeness (QED) is 0.236. The molecule has 0 aliphatic heterocycles. The monoisotopic (exact) mass is 374 g/mol. The molecule has 1 unspecified atom stereocenters. The van der Waals surface area contributed by atoms with Crippen molar-refractivity contribution in [2.45, 2.75) is 20.1 Å². The lowest BCUT2D eigenvalue weighted by atomic mass is 10.0. The first kappa shape index (κ1) is 17.9. The minimum atomic E-state index is -1.31. The van der Waals surface area contributed by atoms with Crippen molar-refractivity contribution in [2.24, 2.45) is 0 Å². The maximum atomic E-state index is 11.0. The summed E-state index contributed by atoms with van der Waals surface area (Å²) in [4.78, 5) is 15.2. The second-order valence-corrected chi connectivity index (χ2v) is 6.70. The van der Waals surface area contributed by atoms with E-state index in [0.29, 0.717) is 22.6 Å². The Kier molecular flexibility index (Phi) is 4.41. The van der Waals surface area contributed by atoms with Gasteiger partial charge in [0.15, 0.2) is 0 Å². The molecule has 0 saturated heterocycles. The van der Waals surface area contributed by atoms with Crippen LogP contribution in [0.4, 0.5) is 5.69 Å². The summed E-state index contributed by atoms with van der Waals surface area (Å²) in [6, 6.07) is 18.3. The zero-order valence-electron chi connectivity index (χ0n) is 15.4. The normalized spacial score (nSPS) is 12.2. The number of nitrogens with zero attached hydrogens (tertiary/aromatic N) is 2. The molecule has 0 amide bonds. The molecule has 1 atom stereocenters. The molecule has 0 saturated carbocycles. The predicted octanol–water partition coefficient (Wildman–Crippen LogP) is 4.98. The number of para-hydroxylation sites is 1. The van der Waals surface area contributed by atoms with Crippen molar-refractivity contribution in [2.75, 3.05) is 0 Å². The molecule has 6 nitrogen and oxygen atoms in total. The van der Waals surface area contributed by atoms with Crippen LogP contribution in [0.2, 0.25) is 0 Å². The Balaban J connectivity index is 1.81. The van der Waals surface area contributed by atoms with Crippen LogP contribution in [-0.4, -0.2) is 15.0 Å². The van der Waals surface area contributed by atoms with Gasteiger partial charge < -0.3 is 9.84 Å². The first-order valence-corrected chi connectivity index (χ1v) is 8.83. The minimum Gasteiger partial charge on any atom is -0.459 e. The van der Waals surface area contributed by atoms with Crippen molar-refractivity contribution in [3.8, 4) is 5.75 Å². The molecule has 0 aliphatic rings. The Hall–Kier alpha value is -3.51. The molecule has 28 heavy (non-hydrogen) atoms. The zero-order valence-corrected chi connectivity index (χ0v) is 15.4. The molecule has 1 heterocycles. The van der Waals surface area contributed by atoms with Crippen LogP contribution in [0.5, 0.6) is 5.75 Å². The number of aryl methyl sites for hydroxylation is 2. The van der Waals surface area contributed by atoms with Gasteiger partial charge in [0.1, 0.15) is 11.4 Å². The van der Waals surface area contributed by atoms with Gasteiger partial charge in [-0.1, -0.05) is 42.5 Å². The standard InChI is InChI=1S/C22H18N2O4/c1-13-11-15(24(26)27)12-14(2)21(13)28-22(25)20-18-9-4-3-7-16(18)17-8-5-6-10-19(17)23-20/h3-12,22,25H,1-2H3. The maximum Gasteiger partial charge on any atom is 0.270 e. The number of nitro benzene ring substituents is 1. The van der Waals surface area contributed by atoms with Crippen LogP contribution in [0.3, 0.4) is 0 Å². The van der Waals surface area contributed by atoms with E-state index in [1.807, 2.05) is 48.5 Å². The third-order valence-corrected chi connectivity index (χ3v) is 4.76. The van der Waals surface area contributed by atoms with E-state index < -0.39 is 11.2 Å². The molecule has 6 heteroatoms. The maximum absolute atomic E-state index is 11.0. The number of nitro groups is 1. The zero-order chi connectivity index (χ0) is 19.8. The summed E-state index contributed by atoms with van der Waals surface area (Å²) in [5, 5.41) is 24.6. The second kappa shape index (κ2) is 6.90. The Morgan fingerprint density at radius 2 is 1.54 bits per heavy atom. The number of aliphatic hydroxyl groups is 1. The fourth-order valence-electron chi connectivity index (χ4n) is 3.50. The number of hydrogen-bond donors (Lipinski definition) is 1. The van der Waals surface area contributed by atoms with E-state index in [4.69, 9.17) is 4.74 Å². The molecule has 140 valence electrons. The number of fused-ring (bicyclic) bond motifs is 3. The first-order valence-electron chi connectivity index (χ1n) is 8.83. The number of rotatable bonds is 4. The fourth-order valence-corrected chi connectivity index (χ4v) is 3.50. The lowest BCUT2D eigenvalue weighted by Crippen LogP contribution is -2.11. The molecule has 0 bridgehead atoms. The van der Waals surface area contributed by atoms with Gasteiger partial charge in [0.05, 0.1) is 10.4 Å². The lowest BCUT2D eigenvalue weighted by molar-refractivity contribution is -0.385. The van der Waals surface area contributed by atoms with Crippen molar-refractivity contribution in [1.82, 2.24) is 4.98 Å². The summed E-state index contributed by atoms with van der Waals surface area (Å²) in [5.74, 6) is 0.414.